The average Bonchev–Trinajstić information content (AvgIpc) is 3.17. The SMILES string of the molecule is CCOc1cc(-c2ccc(N3CC[C@@H](C)[C@@H](NC)C3)nc2)c2c(C#N)cnn2c1. The Morgan fingerprint density at radius 2 is 2.21 bits per heavy atom. The van der Waals surface area contributed by atoms with Crippen molar-refractivity contribution in [2.75, 3.05) is 31.6 Å². The van der Waals surface area contributed by atoms with E-state index in [1.54, 1.807) is 16.9 Å². The summed E-state index contributed by atoms with van der Waals surface area (Å²) in [7, 11) is 2.02. The highest BCUT2D eigenvalue weighted by atomic mass is 16.5. The Labute approximate surface area is 170 Å². The predicted octanol–water partition coefficient (Wildman–Crippen LogP) is 3.10. The largest absolute Gasteiger partial charge is 0.492 e. The van der Waals surface area contributed by atoms with Gasteiger partial charge in [0.2, 0.25) is 0 Å². The zero-order chi connectivity index (χ0) is 20.4. The molecule has 150 valence electrons. The molecule has 1 saturated heterocycles. The summed E-state index contributed by atoms with van der Waals surface area (Å²) in [5.41, 5.74) is 3.14. The zero-order valence-corrected chi connectivity index (χ0v) is 17.1. The van der Waals surface area contributed by atoms with Crippen LogP contribution in [0, 0.1) is 17.2 Å². The van der Waals surface area contributed by atoms with E-state index >= 15 is 0 Å². The fourth-order valence-electron chi connectivity index (χ4n) is 4.03. The van der Waals surface area contributed by atoms with Gasteiger partial charge in [-0.25, -0.2) is 9.50 Å². The third kappa shape index (κ3) is 3.64. The van der Waals surface area contributed by atoms with Gasteiger partial charge in [0.25, 0.3) is 0 Å². The number of fused-ring (bicyclic) bond motifs is 1. The summed E-state index contributed by atoms with van der Waals surface area (Å²) in [6, 6.07) is 8.78. The Kier molecular flexibility index (Phi) is 5.36. The van der Waals surface area contributed by atoms with Crippen molar-refractivity contribution in [2.24, 2.45) is 5.92 Å². The third-order valence-electron chi connectivity index (χ3n) is 5.73. The number of pyridine rings is 2. The van der Waals surface area contributed by atoms with Gasteiger partial charge in [-0.3, -0.25) is 0 Å². The summed E-state index contributed by atoms with van der Waals surface area (Å²) in [4.78, 5) is 7.07. The summed E-state index contributed by atoms with van der Waals surface area (Å²) in [5.74, 6) is 2.36. The standard InChI is InChI=1S/C22H26N6O/c1-4-29-18-9-19(22-17(10-23)12-26-28(22)13-18)16-5-6-21(25-11-16)27-8-7-15(2)20(14-27)24-3/h5-6,9,11-13,15,20,24H,4,7-8,14H2,1-3H3/t15-,20+/m1/s1. The summed E-state index contributed by atoms with van der Waals surface area (Å²) >= 11 is 0. The highest BCUT2D eigenvalue weighted by Gasteiger charge is 2.25. The number of piperidine rings is 1. The van der Waals surface area contributed by atoms with Gasteiger partial charge in [-0.2, -0.15) is 10.4 Å². The first-order valence-corrected chi connectivity index (χ1v) is 10.1. The molecule has 1 aliphatic heterocycles. The van der Waals surface area contributed by atoms with Crippen molar-refractivity contribution in [3.63, 3.8) is 0 Å². The van der Waals surface area contributed by atoms with Crippen molar-refractivity contribution < 1.29 is 4.74 Å². The van der Waals surface area contributed by atoms with Gasteiger partial charge < -0.3 is 15.0 Å². The Bertz CT molecular complexity index is 1040. The number of hydrogen-bond acceptors (Lipinski definition) is 6. The Morgan fingerprint density at radius 3 is 2.90 bits per heavy atom. The second-order valence-electron chi connectivity index (χ2n) is 7.50. The topological polar surface area (TPSA) is 78.5 Å². The first kappa shape index (κ1) is 19.2. The Balaban J connectivity index is 1.69. The van der Waals surface area contributed by atoms with Crippen molar-refractivity contribution in [1.29, 1.82) is 5.26 Å². The van der Waals surface area contributed by atoms with Crippen LogP contribution in [0.1, 0.15) is 25.8 Å². The molecule has 0 aliphatic carbocycles. The smallest absolute Gasteiger partial charge is 0.138 e. The third-order valence-corrected chi connectivity index (χ3v) is 5.73. The van der Waals surface area contributed by atoms with E-state index in [0.717, 1.165) is 42.0 Å². The van der Waals surface area contributed by atoms with Gasteiger partial charge in [0, 0.05) is 36.5 Å². The molecular weight excluding hydrogens is 364 g/mol. The van der Waals surface area contributed by atoms with E-state index in [4.69, 9.17) is 9.72 Å². The van der Waals surface area contributed by atoms with Crippen molar-refractivity contribution in [1.82, 2.24) is 19.9 Å². The maximum atomic E-state index is 9.49. The highest BCUT2D eigenvalue weighted by molar-refractivity contribution is 5.85. The lowest BCUT2D eigenvalue weighted by molar-refractivity contribution is 0.337. The summed E-state index contributed by atoms with van der Waals surface area (Å²) in [6.45, 7) is 6.77. The molecule has 2 atom stereocenters. The number of nitrogens with zero attached hydrogens (tertiary/aromatic N) is 5. The van der Waals surface area contributed by atoms with Crippen LogP contribution < -0.4 is 15.0 Å². The van der Waals surface area contributed by atoms with E-state index < -0.39 is 0 Å². The van der Waals surface area contributed by atoms with Crippen molar-refractivity contribution in [3.05, 3.63) is 42.4 Å². The minimum atomic E-state index is 0.470. The van der Waals surface area contributed by atoms with Crippen LogP contribution in [0.15, 0.2) is 36.8 Å². The fourth-order valence-corrected chi connectivity index (χ4v) is 4.03. The van der Waals surface area contributed by atoms with Crippen LogP contribution >= 0.6 is 0 Å². The molecule has 1 aliphatic rings. The van der Waals surface area contributed by atoms with Crippen LogP contribution in [0.5, 0.6) is 5.75 Å². The second kappa shape index (κ2) is 8.10. The van der Waals surface area contributed by atoms with Crippen LogP contribution in [0.25, 0.3) is 16.6 Å². The molecule has 4 heterocycles. The minimum absolute atomic E-state index is 0.470. The first-order chi connectivity index (χ1) is 14.1. The lowest BCUT2D eigenvalue weighted by atomic mass is 9.93. The van der Waals surface area contributed by atoms with Crippen LogP contribution in [-0.2, 0) is 0 Å². The van der Waals surface area contributed by atoms with E-state index in [9.17, 15) is 5.26 Å². The normalized spacial score (nSPS) is 19.3. The Hall–Kier alpha value is -3.11. The second-order valence-corrected chi connectivity index (χ2v) is 7.50. The van der Waals surface area contributed by atoms with Crippen LogP contribution in [-0.4, -0.2) is 47.4 Å². The maximum Gasteiger partial charge on any atom is 0.138 e. The summed E-state index contributed by atoms with van der Waals surface area (Å²) in [5, 5.41) is 17.2. The molecule has 7 heteroatoms. The number of hydrogen-bond donors (Lipinski definition) is 1. The number of likely N-dealkylation sites (N-methyl/N-ethyl adjacent to an activating group) is 1. The lowest BCUT2D eigenvalue weighted by Gasteiger charge is -2.37. The van der Waals surface area contributed by atoms with Gasteiger partial charge in [0.1, 0.15) is 17.6 Å². The highest BCUT2D eigenvalue weighted by Crippen LogP contribution is 2.31. The molecule has 1 fully saturated rings. The summed E-state index contributed by atoms with van der Waals surface area (Å²) in [6.07, 6.45) is 6.41. The number of rotatable bonds is 5. The number of anilines is 1. The first-order valence-electron chi connectivity index (χ1n) is 10.1. The fraction of sp³-hybridized carbons (Fsp3) is 0.409. The Morgan fingerprint density at radius 1 is 1.34 bits per heavy atom. The zero-order valence-electron chi connectivity index (χ0n) is 17.1. The molecule has 0 radical (unpaired) electrons. The molecular formula is C22H26N6O. The molecule has 0 bridgehead atoms. The molecule has 7 nitrogen and oxygen atoms in total. The van der Waals surface area contributed by atoms with E-state index in [2.05, 4.69) is 40.4 Å². The number of ether oxygens (including phenoxy) is 1. The monoisotopic (exact) mass is 390 g/mol. The molecule has 0 amide bonds. The molecule has 0 unspecified atom stereocenters. The van der Waals surface area contributed by atoms with Crippen molar-refractivity contribution in [2.45, 2.75) is 26.3 Å². The predicted molar refractivity (Wildman–Crippen MR) is 113 cm³/mol. The van der Waals surface area contributed by atoms with Crippen molar-refractivity contribution >= 4 is 11.3 Å². The van der Waals surface area contributed by atoms with Crippen molar-refractivity contribution in [3.8, 4) is 22.9 Å². The molecule has 4 rings (SSSR count). The molecule has 1 N–H and O–H groups in total. The van der Waals surface area contributed by atoms with Gasteiger partial charge in [-0.05, 0) is 44.5 Å². The van der Waals surface area contributed by atoms with Gasteiger partial charge in [-0.1, -0.05) is 6.92 Å². The number of nitriles is 1. The van der Waals surface area contributed by atoms with E-state index in [-0.39, 0.29) is 0 Å². The van der Waals surface area contributed by atoms with E-state index in [1.807, 2.05) is 26.2 Å². The van der Waals surface area contributed by atoms with Crippen LogP contribution in [0.3, 0.4) is 0 Å². The summed E-state index contributed by atoms with van der Waals surface area (Å²) < 4.78 is 7.40. The minimum Gasteiger partial charge on any atom is -0.492 e. The van der Waals surface area contributed by atoms with Gasteiger partial charge in [0.15, 0.2) is 0 Å². The molecule has 3 aromatic heterocycles. The number of nitrogens with one attached hydrogen (secondary N) is 1. The molecule has 0 spiro atoms. The van der Waals surface area contributed by atoms with Crippen LogP contribution in [0.4, 0.5) is 5.82 Å². The van der Waals surface area contributed by atoms with Crippen LogP contribution in [0.2, 0.25) is 0 Å². The lowest BCUT2D eigenvalue weighted by Crippen LogP contribution is -2.49. The molecule has 29 heavy (non-hydrogen) atoms. The maximum absolute atomic E-state index is 9.49. The van der Waals surface area contributed by atoms with Gasteiger partial charge in [-0.15, -0.1) is 0 Å². The molecule has 0 aromatic carbocycles. The van der Waals surface area contributed by atoms with E-state index in [1.165, 1.54) is 0 Å². The van der Waals surface area contributed by atoms with E-state index in [0.29, 0.717) is 29.9 Å². The van der Waals surface area contributed by atoms with Gasteiger partial charge >= 0.3 is 0 Å². The average molecular weight is 390 g/mol. The van der Waals surface area contributed by atoms with Gasteiger partial charge in [0.05, 0.1) is 30.1 Å². The molecule has 0 saturated carbocycles. The molecule has 3 aromatic rings. The number of aromatic nitrogens is 3. The quantitative estimate of drug-likeness (QED) is 0.721.